The number of nitrogens with one attached hydrogen (secondary N) is 1. The number of nitrogen functional groups attached to an aromatic ring is 1. The number of rotatable bonds is 3. The fourth-order valence-corrected chi connectivity index (χ4v) is 1.41. The predicted molar refractivity (Wildman–Crippen MR) is 62.4 cm³/mol. The van der Waals surface area contributed by atoms with Crippen LogP contribution in [-0.2, 0) is 6.54 Å². The lowest BCUT2D eigenvalue weighted by Crippen LogP contribution is -2.01. The second-order valence-electron chi connectivity index (χ2n) is 3.49. The van der Waals surface area contributed by atoms with Gasteiger partial charge in [0.1, 0.15) is 5.82 Å². The molecule has 0 bridgehead atoms. The number of nitrogens with zero attached hydrogens (tertiary/aromatic N) is 1. The van der Waals surface area contributed by atoms with Crippen LogP contribution in [0.5, 0.6) is 0 Å². The Labute approximate surface area is 93.1 Å². The molecular formula is C12H12FN3. The zero-order valence-corrected chi connectivity index (χ0v) is 8.65. The molecule has 0 fully saturated rings. The molecule has 0 atom stereocenters. The van der Waals surface area contributed by atoms with Crippen molar-refractivity contribution >= 4 is 11.4 Å². The number of hydrogen-bond donors (Lipinski definition) is 2. The van der Waals surface area contributed by atoms with Crippen molar-refractivity contribution in [3.8, 4) is 0 Å². The number of benzene rings is 1. The fourth-order valence-electron chi connectivity index (χ4n) is 1.41. The lowest BCUT2D eigenvalue weighted by atomic mass is 10.2. The van der Waals surface area contributed by atoms with Crippen LogP contribution in [0.25, 0.3) is 0 Å². The monoisotopic (exact) mass is 217 g/mol. The van der Waals surface area contributed by atoms with Crippen LogP contribution in [0, 0.1) is 5.82 Å². The Kier molecular flexibility index (Phi) is 3.00. The summed E-state index contributed by atoms with van der Waals surface area (Å²) in [6, 6.07) is 8.16. The van der Waals surface area contributed by atoms with Gasteiger partial charge in [-0.2, -0.15) is 0 Å². The molecule has 0 aliphatic heterocycles. The van der Waals surface area contributed by atoms with Gasteiger partial charge in [0, 0.05) is 24.6 Å². The van der Waals surface area contributed by atoms with Crippen LogP contribution in [0.15, 0.2) is 42.7 Å². The van der Waals surface area contributed by atoms with E-state index >= 15 is 0 Å². The molecule has 0 radical (unpaired) electrons. The van der Waals surface area contributed by atoms with E-state index in [1.165, 1.54) is 12.1 Å². The highest BCUT2D eigenvalue weighted by Crippen LogP contribution is 2.11. The van der Waals surface area contributed by atoms with Gasteiger partial charge in [0.05, 0.1) is 5.69 Å². The van der Waals surface area contributed by atoms with Gasteiger partial charge >= 0.3 is 0 Å². The van der Waals surface area contributed by atoms with Crippen molar-refractivity contribution < 1.29 is 4.39 Å². The van der Waals surface area contributed by atoms with Crippen molar-refractivity contribution in [2.45, 2.75) is 6.54 Å². The maximum Gasteiger partial charge on any atom is 0.125 e. The Balaban J connectivity index is 2.02. The summed E-state index contributed by atoms with van der Waals surface area (Å²) in [5, 5.41) is 3.09. The lowest BCUT2D eigenvalue weighted by Gasteiger charge is -2.06. The van der Waals surface area contributed by atoms with Crippen molar-refractivity contribution in [2.24, 2.45) is 0 Å². The zero-order chi connectivity index (χ0) is 11.4. The molecule has 3 nitrogen and oxygen atoms in total. The molecule has 0 unspecified atom stereocenters. The molecule has 2 aromatic rings. The van der Waals surface area contributed by atoms with Crippen molar-refractivity contribution in [3.63, 3.8) is 0 Å². The van der Waals surface area contributed by atoms with Gasteiger partial charge in [-0.05, 0) is 29.8 Å². The van der Waals surface area contributed by atoms with Crippen LogP contribution < -0.4 is 11.1 Å². The highest BCUT2D eigenvalue weighted by Gasteiger charge is 1.96. The van der Waals surface area contributed by atoms with Crippen LogP contribution in [-0.4, -0.2) is 4.98 Å². The van der Waals surface area contributed by atoms with E-state index in [0.29, 0.717) is 12.2 Å². The van der Waals surface area contributed by atoms with Gasteiger partial charge in [-0.1, -0.05) is 6.07 Å². The first kappa shape index (κ1) is 10.4. The lowest BCUT2D eigenvalue weighted by molar-refractivity contribution is 0.628. The van der Waals surface area contributed by atoms with E-state index < -0.39 is 0 Å². The van der Waals surface area contributed by atoms with Gasteiger partial charge in [0.2, 0.25) is 0 Å². The fraction of sp³-hybridized carbons (Fsp3) is 0.0833. The number of aromatic nitrogens is 1. The van der Waals surface area contributed by atoms with Gasteiger partial charge in [0.15, 0.2) is 0 Å². The second-order valence-corrected chi connectivity index (χ2v) is 3.49. The number of nitrogens with two attached hydrogens (primary N) is 1. The number of pyridine rings is 1. The normalized spacial score (nSPS) is 10.1. The van der Waals surface area contributed by atoms with Crippen molar-refractivity contribution in [1.82, 2.24) is 4.98 Å². The van der Waals surface area contributed by atoms with Crippen LogP contribution in [0.4, 0.5) is 15.8 Å². The topological polar surface area (TPSA) is 50.9 Å². The Morgan fingerprint density at radius 1 is 1.25 bits per heavy atom. The van der Waals surface area contributed by atoms with Crippen LogP contribution in [0.3, 0.4) is 0 Å². The van der Waals surface area contributed by atoms with Gasteiger partial charge in [-0.15, -0.1) is 0 Å². The molecule has 4 heteroatoms. The average Bonchev–Trinajstić information content (AvgIpc) is 2.27. The molecule has 16 heavy (non-hydrogen) atoms. The third-order valence-electron chi connectivity index (χ3n) is 2.14. The van der Waals surface area contributed by atoms with Gasteiger partial charge in [0.25, 0.3) is 0 Å². The first-order valence-electron chi connectivity index (χ1n) is 4.93. The van der Waals surface area contributed by atoms with Gasteiger partial charge in [-0.3, -0.25) is 4.98 Å². The summed E-state index contributed by atoms with van der Waals surface area (Å²) in [6.45, 7) is 0.571. The Morgan fingerprint density at radius 2 is 2.12 bits per heavy atom. The summed E-state index contributed by atoms with van der Waals surface area (Å²) in [6.07, 6.45) is 3.31. The predicted octanol–water partition coefficient (Wildman–Crippen LogP) is 2.42. The molecule has 1 aromatic carbocycles. The Morgan fingerprint density at radius 3 is 2.88 bits per heavy atom. The van der Waals surface area contributed by atoms with E-state index in [1.807, 2.05) is 12.1 Å². The van der Waals surface area contributed by atoms with E-state index in [4.69, 9.17) is 5.73 Å². The highest BCUT2D eigenvalue weighted by atomic mass is 19.1. The molecule has 2 rings (SSSR count). The summed E-state index contributed by atoms with van der Waals surface area (Å²) >= 11 is 0. The molecule has 0 aliphatic carbocycles. The minimum absolute atomic E-state index is 0.254. The zero-order valence-electron chi connectivity index (χ0n) is 8.65. The largest absolute Gasteiger partial charge is 0.397 e. The van der Waals surface area contributed by atoms with Crippen molar-refractivity contribution in [2.75, 3.05) is 11.1 Å². The number of hydrogen-bond acceptors (Lipinski definition) is 3. The van der Waals surface area contributed by atoms with Gasteiger partial charge in [-0.25, -0.2) is 4.39 Å². The molecule has 82 valence electrons. The maximum atomic E-state index is 12.9. The molecule has 0 aliphatic rings. The second kappa shape index (κ2) is 4.61. The third-order valence-corrected chi connectivity index (χ3v) is 2.14. The molecule has 0 spiro atoms. The molecule has 0 saturated heterocycles. The molecular weight excluding hydrogens is 205 g/mol. The molecule has 1 heterocycles. The number of halogens is 1. The van der Waals surface area contributed by atoms with Crippen LogP contribution in [0.1, 0.15) is 5.56 Å². The van der Waals surface area contributed by atoms with E-state index in [-0.39, 0.29) is 5.82 Å². The minimum atomic E-state index is -0.254. The Hall–Kier alpha value is -2.10. The highest BCUT2D eigenvalue weighted by molar-refractivity contribution is 5.44. The summed E-state index contributed by atoms with van der Waals surface area (Å²) < 4.78 is 12.9. The summed E-state index contributed by atoms with van der Waals surface area (Å²) in [5.74, 6) is -0.254. The molecule has 0 amide bonds. The van der Waals surface area contributed by atoms with E-state index in [1.54, 1.807) is 18.5 Å². The standard InChI is InChI=1S/C12H12FN3/c13-10-2-1-3-12(5-10)16-7-9-4-11(14)8-15-6-9/h1-6,8,16H,7,14H2. The maximum absolute atomic E-state index is 12.9. The van der Waals surface area contributed by atoms with Crippen molar-refractivity contribution in [1.29, 1.82) is 0 Å². The third kappa shape index (κ3) is 2.70. The molecule has 3 N–H and O–H groups in total. The van der Waals surface area contributed by atoms with Crippen molar-refractivity contribution in [3.05, 3.63) is 54.1 Å². The molecule has 1 aromatic heterocycles. The van der Waals surface area contributed by atoms with Gasteiger partial charge < -0.3 is 11.1 Å². The summed E-state index contributed by atoms with van der Waals surface area (Å²) in [5.41, 5.74) is 7.93. The first-order chi connectivity index (χ1) is 7.74. The smallest absolute Gasteiger partial charge is 0.125 e. The quantitative estimate of drug-likeness (QED) is 0.830. The Bertz CT molecular complexity index is 440. The molecule has 0 saturated carbocycles. The van der Waals surface area contributed by atoms with Crippen LogP contribution in [0.2, 0.25) is 0 Å². The SMILES string of the molecule is Nc1cncc(CNc2cccc(F)c2)c1. The summed E-state index contributed by atoms with van der Waals surface area (Å²) in [4.78, 5) is 3.97. The number of anilines is 2. The summed E-state index contributed by atoms with van der Waals surface area (Å²) in [7, 11) is 0. The van der Waals surface area contributed by atoms with E-state index in [0.717, 1.165) is 11.3 Å². The first-order valence-corrected chi connectivity index (χ1v) is 4.93. The minimum Gasteiger partial charge on any atom is -0.397 e. The van der Waals surface area contributed by atoms with Crippen LogP contribution >= 0.6 is 0 Å². The van der Waals surface area contributed by atoms with E-state index in [2.05, 4.69) is 10.3 Å². The average molecular weight is 217 g/mol. The van der Waals surface area contributed by atoms with E-state index in [9.17, 15) is 4.39 Å².